The molecule has 104 valence electrons. The Morgan fingerprint density at radius 1 is 1.20 bits per heavy atom. The summed E-state index contributed by atoms with van der Waals surface area (Å²) in [6, 6.07) is 13.2. The van der Waals surface area contributed by atoms with Crippen LogP contribution in [0.25, 0.3) is 0 Å². The zero-order valence-electron chi connectivity index (χ0n) is 11.1. The van der Waals surface area contributed by atoms with E-state index >= 15 is 0 Å². The number of anilines is 2. The van der Waals surface area contributed by atoms with Crippen LogP contribution in [-0.4, -0.2) is 19.6 Å². The molecule has 0 bridgehead atoms. The number of nitrogens with zero attached hydrogens (tertiary/aromatic N) is 1. The Hall–Kier alpha value is -1.55. The predicted molar refractivity (Wildman–Crippen MR) is 84.9 cm³/mol. The largest absolute Gasteiger partial charge is 0.383 e. The van der Waals surface area contributed by atoms with Gasteiger partial charge in [-0.05, 0) is 42.3 Å². The lowest BCUT2D eigenvalue weighted by atomic mass is 10.2. The SMILES string of the molecule is Fc1ccc2c(c1)N(CCNc1cccc(Br)c1)CC2. The fraction of sp³-hybridized carbons (Fsp3) is 0.250. The van der Waals surface area contributed by atoms with Gasteiger partial charge in [-0.2, -0.15) is 0 Å². The molecule has 0 aliphatic carbocycles. The molecular weight excluding hydrogens is 319 g/mol. The standard InChI is InChI=1S/C16H16BrFN2/c17-13-2-1-3-15(10-13)19-7-9-20-8-6-12-4-5-14(18)11-16(12)20/h1-5,10-11,19H,6-9H2. The third-order valence-electron chi connectivity index (χ3n) is 3.57. The lowest BCUT2D eigenvalue weighted by Crippen LogP contribution is -2.27. The Balaban J connectivity index is 1.59. The molecule has 0 spiro atoms. The van der Waals surface area contributed by atoms with Crippen LogP contribution in [0.15, 0.2) is 46.9 Å². The van der Waals surface area contributed by atoms with E-state index in [0.29, 0.717) is 0 Å². The lowest BCUT2D eigenvalue weighted by Gasteiger charge is -2.20. The van der Waals surface area contributed by atoms with Gasteiger partial charge < -0.3 is 10.2 Å². The van der Waals surface area contributed by atoms with Crippen LogP contribution in [0, 0.1) is 5.82 Å². The molecule has 1 aliphatic rings. The highest BCUT2D eigenvalue weighted by Gasteiger charge is 2.18. The number of benzene rings is 2. The summed E-state index contributed by atoms with van der Waals surface area (Å²) in [5.41, 5.74) is 3.38. The summed E-state index contributed by atoms with van der Waals surface area (Å²) in [6.07, 6.45) is 1.01. The average Bonchev–Trinajstić information content (AvgIpc) is 2.82. The molecule has 4 heteroatoms. The molecule has 1 heterocycles. The van der Waals surface area contributed by atoms with E-state index < -0.39 is 0 Å². The minimum atomic E-state index is -0.157. The van der Waals surface area contributed by atoms with Gasteiger partial charge in [0, 0.05) is 35.5 Å². The number of halogens is 2. The molecule has 0 saturated heterocycles. The fourth-order valence-electron chi connectivity index (χ4n) is 2.58. The van der Waals surface area contributed by atoms with Gasteiger partial charge in [0.15, 0.2) is 0 Å². The second-order valence-electron chi connectivity index (χ2n) is 4.95. The molecule has 2 aromatic rings. The first kappa shape index (κ1) is 13.4. The third-order valence-corrected chi connectivity index (χ3v) is 4.07. The molecule has 1 aliphatic heterocycles. The number of hydrogen-bond acceptors (Lipinski definition) is 2. The summed E-state index contributed by atoms with van der Waals surface area (Å²) < 4.78 is 14.4. The molecule has 0 fully saturated rings. The first-order chi connectivity index (χ1) is 9.72. The maximum atomic E-state index is 13.3. The summed E-state index contributed by atoms with van der Waals surface area (Å²) in [7, 11) is 0. The van der Waals surface area contributed by atoms with Gasteiger partial charge in [0.2, 0.25) is 0 Å². The number of hydrogen-bond donors (Lipinski definition) is 1. The van der Waals surface area contributed by atoms with Crippen molar-refractivity contribution in [2.24, 2.45) is 0 Å². The number of fused-ring (bicyclic) bond motifs is 1. The summed E-state index contributed by atoms with van der Waals surface area (Å²) in [5.74, 6) is -0.157. The zero-order chi connectivity index (χ0) is 13.9. The molecule has 3 rings (SSSR count). The molecule has 2 aromatic carbocycles. The van der Waals surface area contributed by atoms with Gasteiger partial charge in [-0.1, -0.05) is 28.1 Å². The van der Waals surface area contributed by atoms with Crippen LogP contribution in [0.3, 0.4) is 0 Å². The van der Waals surface area contributed by atoms with Crippen molar-refractivity contribution in [3.63, 3.8) is 0 Å². The molecule has 0 unspecified atom stereocenters. The van der Waals surface area contributed by atoms with Crippen molar-refractivity contribution in [2.45, 2.75) is 6.42 Å². The van der Waals surface area contributed by atoms with Gasteiger partial charge in [0.05, 0.1) is 0 Å². The summed E-state index contributed by atoms with van der Waals surface area (Å²) in [4.78, 5) is 2.24. The molecule has 0 aromatic heterocycles. The average molecular weight is 335 g/mol. The minimum absolute atomic E-state index is 0.157. The Morgan fingerprint density at radius 2 is 2.10 bits per heavy atom. The van der Waals surface area contributed by atoms with Gasteiger partial charge >= 0.3 is 0 Å². The first-order valence-corrected chi connectivity index (χ1v) is 7.54. The van der Waals surface area contributed by atoms with Crippen LogP contribution in [0.1, 0.15) is 5.56 Å². The molecule has 0 amide bonds. The van der Waals surface area contributed by atoms with E-state index in [1.165, 1.54) is 5.56 Å². The second-order valence-corrected chi connectivity index (χ2v) is 5.86. The molecule has 1 N–H and O–H groups in total. The molecule has 20 heavy (non-hydrogen) atoms. The maximum absolute atomic E-state index is 13.3. The van der Waals surface area contributed by atoms with Crippen molar-refractivity contribution in [1.82, 2.24) is 0 Å². The maximum Gasteiger partial charge on any atom is 0.125 e. The highest BCUT2D eigenvalue weighted by molar-refractivity contribution is 9.10. The van der Waals surface area contributed by atoms with Crippen LogP contribution >= 0.6 is 15.9 Å². The Kier molecular flexibility index (Phi) is 3.92. The summed E-state index contributed by atoms with van der Waals surface area (Å²) >= 11 is 3.46. The van der Waals surface area contributed by atoms with Crippen molar-refractivity contribution >= 4 is 27.3 Å². The van der Waals surface area contributed by atoms with Crippen LogP contribution in [-0.2, 0) is 6.42 Å². The van der Waals surface area contributed by atoms with Crippen LogP contribution in [0.5, 0.6) is 0 Å². The van der Waals surface area contributed by atoms with E-state index in [1.807, 2.05) is 24.3 Å². The first-order valence-electron chi connectivity index (χ1n) is 6.75. The third kappa shape index (κ3) is 2.96. The minimum Gasteiger partial charge on any atom is -0.383 e. The van der Waals surface area contributed by atoms with Crippen molar-refractivity contribution in [3.05, 3.63) is 58.3 Å². The molecule has 2 nitrogen and oxygen atoms in total. The quantitative estimate of drug-likeness (QED) is 0.906. The number of rotatable bonds is 4. The van der Waals surface area contributed by atoms with Crippen LogP contribution in [0.2, 0.25) is 0 Å². The molecule has 0 saturated carbocycles. The van der Waals surface area contributed by atoms with E-state index in [4.69, 9.17) is 0 Å². The van der Waals surface area contributed by atoms with Crippen molar-refractivity contribution < 1.29 is 4.39 Å². The smallest absolute Gasteiger partial charge is 0.125 e. The predicted octanol–water partition coefficient (Wildman–Crippen LogP) is 4.06. The van der Waals surface area contributed by atoms with Crippen molar-refractivity contribution in [1.29, 1.82) is 0 Å². The topological polar surface area (TPSA) is 15.3 Å². The van der Waals surface area contributed by atoms with E-state index in [-0.39, 0.29) is 5.82 Å². The monoisotopic (exact) mass is 334 g/mol. The van der Waals surface area contributed by atoms with E-state index in [9.17, 15) is 4.39 Å². The molecule has 0 atom stereocenters. The van der Waals surface area contributed by atoms with Gasteiger partial charge in [0.25, 0.3) is 0 Å². The fourth-order valence-corrected chi connectivity index (χ4v) is 2.98. The summed E-state index contributed by atoms with van der Waals surface area (Å²) in [6.45, 7) is 2.69. The van der Waals surface area contributed by atoms with Crippen molar-refractivity contribution in [2.75, 3.05) is 29.9 Å². The Morgan fingerprint density at radius 3 is 2.95 bits per heavy atom. The molecular formula is C16H16BrFN2. The van der Waals surface area contributed by atoms with E-state index in [1.54, 1.807) is 12.1 Å². The van der Waals surface area contributed by atoms with Gasteiger partial charge in [0.1, 0.15) is 5.82 Å². The Bertz CT molecular complexity index is 615. The Labute approximate surface area is 126 Å². The highest BCUT2D eigenvalue weighted by atomic mass is 79.9. The van der Waals surface area contributed by atoms with Gasteiger partial charge in [-0.3, -0.25) is 0 Å². The van der Waals surface area contributed by atoms with Gasteiger partial charge in [-0.25, -0.2) is 4.39 Å². The van der Waals surface area contributed by atoms with Crippen LogP contribution < -0.4 is 10.2 Å². The van der Waals surface area contributed by atoms with E-state index in [0.717, 1.165) is 41.9 Å². The molecule has 0 radical (unpaired) electrons. The normalized spacial score (nSPS) is 13.4. The second kappa shape index (κ2) is 5.83. The van der Waals surface area contributed by atoms with Crippen molar-refractivity contribution in [3.8, 4) is 0 Å². The lowest BCUT2D eigenvalue weighted by molar-refractivity contribution is 0.627. The highest BCUT2D eigenvalue weighted by Crippen LogP contribution is 2.28. The van der Waals surface area contributed by atoms with Crippen LogP contribution in [0.4, 0.5) is 15.8 Å². The summed E-state index contributed by atoms with van der Waals surface area (Å²) in [5, 5.41) is 3.39. The van der Waals surface area contributed by atoms with E-state index in [2.05, 4.69) is 32.2 Å². The van der Waals surface area contributed by atoms with Gasteiger partial charge in [-0.15, -0.1) is 0 Å². The zero-order valence-corrected chi connectivity index (χ0v) is 12.7. The number of nitrogens with one attached hydrogen (secondary N) is 1.